The number of piperidine rings is 1. The van der Waals surface area contributed by atoms with E-state index in [1.54, 1.807) is 47.4 Å². The van der Waals surface area contributed by atoms with Crippen LogP contribution < -0.4 is 10.2 Å². The summed E-state index contributed by atoms with van der Waals surface area (Å²) in [6.45, 7) is 1.41. The Kier molecular flexibility index (Phi) is 4.86. The molecule has 0 aromatic heterocycles. The summed E-state index contributed by atoms with van der Waals surface area (Å²) < 4.78 is 0. The molecule has 1 fully saturated rings. The molecule has 4 rings (SSSR count). The highest BCUT2D eigenvalue weighted by atomic mass is 35.5. The van der Waals surface area contributed by atoms with Crippen LogP contribution in [-0.4, -0.2) is 47.6 Å². The van der Waals surface area contributed by atoms with Gasteiger partial charge in [-0.15, -0.1) is 0 Å². The maximum atomic E-state index is 13.3. The molecular weight excluding hydrogens is 366 g/mol. The lowest BCUT2D eigenvalue weighted by molar-refractivity contribution is -0.119. The smallest absolute Gasteiger partial charge is 0.257 e. The molecule has 2 amide bonds. The van der Waals surface area contributed by atoms with Crippen molar-refractivity contribution in [2.24, 2.45) is 0 Å². The lowest BCUT2D eigenvalue weighted by Gasteiger charge is -2.32. The molecule has 140 valence electrons. The average Bonchev–Trinajstić information content (AvgIpc) is 2.75. The summed E-state index contributed by atoms with van der Waals surface area (Å²) in [5.41, 5.74) is 2.05. The maximum Gasteiger partial charge on any atom is 0.257 e. The number of hydrogen-bond acceptors (Lipinski definition) is 4. The molecule has 0 radical (unpaired) electrons. The summed E-state index contributed by atoms with van der Waals surface area (Å²) >= 11 is 6.10. The Morgan fingerprint density at radius 3 is 2.85 bits per heavy atom. The van der Waals surface area contributed by atoms with Crippen molar-refractivity contribution < 1.29 is 14.7 Å². The van der Waals surface area contributed by atoms with Gasteiger partial charge in [0.1, 0.15) is 0 Å². The molecule has 6 nitrogen and oxygen atoms in total. The van der Waals surface area contributed by atoms with E-state index in [1.165, 1.54) is 0 Å². The Hall–Kier alpha value is -2.41. The molecule has 1 atom stereocenters. The van der Waals surface area contributed by atoms with E-state index in [0.717, 1.165) is 19.4 Å². The highest BCUT2D eigenvalue weighted by molar-refractivity contribution is 6.31. The van der Waals surface area contributed by atoms with Gasteiger partial charge in [-0.05, 0) is 49.7 Å². The normalized spacial score (nSPS) is 19.7. The molecule has 0 bridgehead atoms. The second kappa shape index (κ2) is 7.31. The summed E-state index contributed by atoms with van der Waals surface area (Å²) in [6, 6.07) is 12.1. The van der Waals surface area contributed by atoms with Crippen LogP contribution in [0, 0.1) is 0 Å². The Balaban J connectivity index is 1.75. The number of nitrogens with one attached hydrogen (secondary N) is 1. The van der Waals surface area contributed by atoms with Gasteiger partial charge in [0.25, 0.3) is 5.91 Å². The number of rotatable bonds is 2. The molecule has 0 saturated carbocycles. The minimum atomic E-state index is -0.405. The van der Waals surface area contributed by atoms with E-state index < -0.39 is 6.10 Å². The SMILES string of the molecule is O=C1Nc2cc(Cl)ccc2N(C(=O)CN2CCCC(O)C2)c2ccccc21. The van der Waals surface area contributed by atoms with Gasteiger partial charge in [-0.3, -0.25) is 19.4 Å². The minimum Gasteiger partial charge on any atom is -0.392 e. The average molecular weight is 386 g/mol. The number of likely N-dealkylation sites (tertiary alicyclic amines) is 1. The van der Waals surface area contributed by atoms with E-state index in [1.807, 2.05) is 4.90 Å². The first-order valence-electron chi connectivity index (χ1n) is 8.96. The molecule has 7 heteroatoms. The monoisotopic (exact) mass is 385 g/mol. The number of para-hydroxylation sites is 1. The Bertz CT molecular complexity index is 902. The standard InChI is InChI=1S/C20H20ClN3O3/c21-13-7-8-18-16(10-13)22-20(27)15-5-1-2-6-17(15)24(18)19(26)12-23-9-3-4-14(25)11-23/h1-2,5-8,10,14,25H,3-4,9,11-12H2,(H,22,27). The second-order valence-corrected chi connectivity index (χ2v) is 7.33. The molecule has 1 unspecified atom stereocenters. The number of fused-ring (bicyclic) bond motifs is 2. The van der Waals surface area contributed by atoms with Crippen molar-refractivity contribution in [1.82, 2.24) is 4.90 Å². The zero-order valence-corrected chi connectivity index (χ0v) is 15.4. The zero-order valence-electron chi connectivity index (χ0n) is 14.7. The number of anilines is 3. The highest BCUT2D eigenvalue weighted by Gasteiger charge is 2.31. The van der Waals surface area contributed by atoms with E-state index in [-0.39, 0.29) is 18.4 Å². The van der Waals surface area contributed by atoms with E-state index in [9.17, 15) is 14.7 Å². The third kappa shape index (κ3) is 3.56. The summed E-state index contributed by atoms with van der Waals surface area (Å²) in [4.78, 5) is 29.4. The van der Waals surface area contributed by atoms with Crippen LogP contribution in [0.25, 0.3) is 0 Å². The number of benzene rings is 2. The van der Waals surface area contributed by atoms with Crippen LogP contribution in [0.5, 0.6) is 0 Å². The molecule has 1 saturated heterocycles. The third-order valence-corrected chi connectivity index (χ3v) is 5.16. The van der Waals surface area contributed by atoms with Gasteiger partial charge in [-0.25, -0.2) is 0 Å². The van der Waals surface area contributed by atoms with Crippen molar-refractivity contribution in [3.8, 4) is 0 Å². The van der Waals surface area contributed by atoms with Crippen LogP contribution in [0.15, 0.2) is 42.5 Å². The molecule has 2 N–H and O–H groups in total. The first-order valence-corrected chi connectivity index (χ1v) is 9.34. The number of aliphatic hydroxyl groups is 1. The fraction of sp³-hybridized carbons (Fsp3) is 0.300. The van der Waals surface area contributed by atoms with Crippen molar-refractivity contribution in [2.45, 2.75) is 18.9 Å². The number of β-amino-alcohol motifs (C(OH)–C–C–N with tert-alkyl or cyclic N) is 1. The predicted molar refractivity (Wildman–Crippen MR) is 105 cm³/mol. The Morgan fingerprint density at radius 1 is 1.22 bits per heavy atom. The maximum absolute atomic E-state index is 13.3. The van der Waals surface area contributed by atoms with Crippen molar-refractivity contribution >= 4 is 40.5 Å². The molecule has 0 aliphatic carbocycles. The topological polar surface area (TPSA) is 72.9 Å². The van der Waals surface area contributed by atoms with Crippen LogP contribution in [0.1, 0.15) is 23.2 Å². The first kappa shape index (κ1) is 18.0. The predicted octanol–water partition coefficient (Wildman–Crippen LogP) is 3.03. The number of halogens is 1. The fourth-order valence-corrected chi connectivity index (χ4v) is 3.86. The number of aliphatic hydroxyl groups excluding tert-OH is 1. The number of nitrogens with zero attached hydrogens (tertiary/aromatic N) is 2. The first-order chi connectivity index (χ1) is 13.0. The summed E-state index contributed by atoms with van der Waals surface area (Å²) in [5, 5.41) is 13.2. The van der Waals surface area contributed by atoms with Gasteiger partial charge in [0.05, 0.1) is 35.3 Å². The van der Waals surface area contributed by atoms with Gasteiger partial charge in [-0.2, -0.15) is 0 Å². The third-order valence-electron chi connectivity index (χ3n) is 4.93. The molecule has 2 aromatic carbocycles. The lowest BCUT2D eigenvalue weighted by Crippen LogP contribution is -2.44. The number of amides is 2. The van der Waals surface area contributed by atoms with Gasteiger partial charge in [0.15, 0.2) is 0 Å². The van der Waals surface area contributed by atoms with E-state index in [0.29, 0.717) is 34.2 Å². The largest absolute Gasteiger partial charge is 0.392 e. The van der Waals surface area contributed by atoms with Gasteiger partial charge >= 0.3 is 0 Å². The summed E-state index contributed by atoms with van der Waals surface area (Å²) in [5.74, 6) is -0.436. The van der Waals surface area contributed by atoms with Gasteiger partial charge in [0, 0.05) is 11.6 Å². The highest BCUT2D eigenvalue weighted by Crippen LogP contribution is 2.39. The van der Waals surface area contributed by atoms with E-state index in [4.69, 9.17) is 11.6 Å². The van der Waals surface area contributed by atoms with Crippen LogP contribution in [-0.2, 0) is 4.79 Å². The Labute approximate surface area is 162 Å². The van der Waals surface area contributed by atoms with Crippen molar-refractivity contribution in [3.05, 3.63) is 53.1 Å². The fourth-order valence-electron chi connectivity index (χ4n) is 3.69. The molecular formula is C20H20ClN3O3. The molecule has 2 aromatic rings. The number of hydrogen-bond donors (Lipinski definition) is 2. The Morgan fingerprint density at radius 2 is 2.04 bits per heavy atom. The van der Waals surface area contributed by atoms with Gasteiger partial charge < -0.3 is 10.4 Å². The summed E-state index contributed by atoms with van der Waals surface area (Å²) in [6.07, 6.45) is 1.21. The van der Waals surface area contributed by atoms with E-state index in [2.05, 4.69) is 5.32 Å². The van der Waals surface area contributed by atoms with Gasteiger partial charge in [0.2, 0.25) is 5.91 Å². The molecule has 2 aliphatic heterocycles. The molecule has 2 heterocycles. The lowest BCUT2D eigenvalue weighted by atomic mass is 10.1. The van der Waals surface area contributed by atoms with Crippen molar-refractivity contribution in [1.29, 1.82) is 0 Å². The van der Waals surface area contributed by atoms with Gasteiger partial charge in [-0.1, -0.05) is 23.7 Å². The quantitative estimate of drug-likeness (QED) is 0.833. The minimum absolute atomic E-state index is 0.156. The van der Waals surface area contributed by atoms with Crippen LogP contribution in [0.4, 0.5) is 17.1 Å². The number of carbonyl (C=O) groups excluding carboxylic acids is 2. The molecule has 27 heavy (non-hydrogen) atoms. The second-order valence-electron chi connectivity index (χ2n) is 6.89. The van der Waals surface area contributed by atoms with Crippen LogP contribution >= 0.6 is 11.6 Å². The van der Waals surface area contributed by atoms with E-state index >= 15 is 0 Å². The van der Waals surface area contributed by atoms with Crippen LogP contribution in [0.3, 0.4) is 0 Å². The number of carbonyl (C=O) groups is 2. The molecule has 0 spiro atoms. The van der Waals surface area contributed by atoms with Crippen molar-refractivity contribution in [2.75, 3.05) is 29.9 Å². The van der Waals surface area contributed by atoms with Crippen molar-refractivity contribution in [3.63, 3.8) is 0 Å². The zero-order chi connectivity index (χ0) is 19.0. The summed E-state index contributed by atoms with van der Waals surface area (Å²) in [7, 11) is 0. The molecule has 2 aliphatic rings. The van der Waals surface area contributed by atoms with Crippen LogP contribution in [0.2, 0.25) is 5.02 Å².